The Hall–Kier alpha value is -1.88. The van der Waals surface area contributed by atoms with E-state index in [0.717, 1.165) is 57.2 Å². The van der Waals surface area contributed by atoms with Crippen LogP contribution in [0, 0.1) is 0 Å². The summed E-state index contributed by atoms with van der Waals surface area (Å²) in [6.07, 6.45) is 8.50. The first-order chi connectivity index (χ1) is 13.7. The minimum Gasteiger partial charge on any atom is -0.383 e. The van der Waals surface area contributed by atoms with Gasteiger partial charge in [0.2, 0.25) is 5.91 Å². The van der Waals surface area contributed by atoms with Crippen LogP contribution in [0.1, 0.15) is 73.2 Å². The van der Waals surface area contributed by atoms with E-state index in [1.165, 1.54) is 12.8 Å². The molecule has 28 heavy (non-hydrogen) atoms. The minimum atomic E-state index is -0.406. The van der Waals surface area contributed by atoms with Crippen LogP contribution < -0.4 is 0 Å². The Morgan fingerprint density at radius 3 is 2.46 bits per heavy atom. The summed E-state index contributed by atoms with van der Waals surface area (Å²) < 4.78 is 5.34. The number of amides is 2. The molecular weight excluding hydrogens is 352 g/mol. The lowest BCUT2D eigenvalue weighted by molar-refractivity contribution is -0.139. The SMILES string of the molecule is COCCN1C(=O)c2ccccc2[C@H](C(=O)N2CCCCC2)C12CCCCC2. The number of piperidine rings is 1. The highest BCUT2D eigenvalue weighted by Gasteiger charge is 2.55. The van der Waals surface area contributed by atoms with Crippen molar-refractivity contribution in [3.05, 3.63) is 35.4 Å². The molecule has 0 N–H and O–H groups in total. The molecule has 152 valence electrons. The van der Waals surface area contributed by atoms with Gasteiger partial charge in [-0.25, -0.2) is 0 Å². The number of rotatable bonds is 4. The predicted molar refractivity (Wildman–Crippen MR) is 108 cm³/mol. The molecule has 1 aromatic carbocycles. The van der Waals surface area contributed by atoms with Crippen LogP contribution in [0.25, 0.3) is 0 Å². The van der Waals surface area contributed by atoms with Crippen molar-refractivity contribution in [2.45, 2.75) is 62.8 Å². The first kappa shape index (κ1) is 19.4. The van der Waals surface area contributed by atoms with Gasteiger partial charge in [-0.2, -0.15) is 0 Å². The number of nitrogens with zero attached hydrogens (tertiary/aromatic N) is 2. The van der Waals surface area contributed by atoms with Gasteiger partial charge in [0.15, 0.2) is 0 Å². The maximum absolute atomic E-state index is 13.9. The van der Waals surface area contributed by atoms with Crippen LogP contribution in [0.15, 0.2) is 24.3 Å². The molecule has 2 heterocycles. The van der Waals surface area contributed by atoms with E-state index in [2.05, 4.69) is 4.90 Å². The summed E-state index contributed by atoms with van der Waals surface area (Å²) in [5.41, 5.74) is 1.24. The number of hydrogen-bond acceptors (Lipinski definition) is 3. The van der Waals surface area contributed by atoms with E-state index in [4.69, 9.17) is 4.74 Å². The van der Waals surface area contributed by atoms with Crippen molar-refractivity contribution in [3.63, 3.8) is 0 Å². The maximum Gasteiger partial charge on any atom is 0.254 e. The molecule has 5 heteroatoms. The summed E-state index contributed by atoms with van der Waals surface area (Å²) in [6.45, 7) is 2.74. The van der Waals surface area contributed by atoms with Crippen LogP contribution in [0.4, 0.5) is 0 Å². The maximum atomic E-state index is 13.9. The first-order valence-electron chi connectivity index (χ1n) is 10.9. The Labute approximate surface area is 168 Å². The van der Waals surface area contributed by atoms with Gasteiger partial charge in [-0.1, -0.05) is 37.5 Å². The van der Waals surface area contributed by atoms with E-state index < -0.39 is 5.54 Å². The summed E-state index contributed by atoms with van der Waals surface area (Å²) in [5.74, 6) is 0.0397. The summed E-state index contributed by atoms with van der Waals surface area (Å²) in [7, 11) is 1.67. The van der Waals surface area contributed by atoms with Gasteiger partial charge in [0.25, 0.3) is 5.91 Å². The van der Waals surface area contributed by atoms with E-state index in [9.17, 15) is 9.59 Å². The highest BCUT2D eigenvalue weighted by molar-refractivity contribution is 6.02. The fourth-order valence-corrected chi connectivity index (χ4v) is 5.63. The largest absolute Gasteiger partial charge is 0.383 e. The van der Waals surface area contributed by atoms with Crippen molar-refractivity contribution in [2.75, 3.05) is 33.4 Å². The van der Waals surface area contributed by atoms with Crippen molar-refractivity contribution in [1.82, 2.24) is 9.80 Å². The minimum absolute atomic E-state index is 0.0669. The quantitative estimate of drug-likeness (QED) is 0.797. The Morgan fingerprint density at radius 1 is 1.07 bits per heavy atom. The number of benzene rings is 1. The summed E-state index contributed by atoms with van der Waals surface area (Å²) >= 11 is 0. The molecule has 1 saturated carbocycles. The zero-order valence-electron chi connectivity index (χ0n) is 17.0. The average Bonchev–Trinajstić information content (AvgIpc) is 2.75. The van der Waals surface area contributed by atoms with Crippen LogP contribution in [-0.2, 0) is 9.53 Å². The normalized spacial score (nSPS) is 24.3. The highest BCUT2D eigenvalue weighted by Crippen LogP contribution is 2.49. The van der Waals surface area contributed by atoms with E-state index in [1.54, 1.807) is 7.11 Å². The molecular formula is C23H32N2O3. The highest BCUT2D eigenvalue weighted by atomic mass is 16.5. The number of methoxy groups -OCH3 is 1. The number of fused-ring (bicyclic) bond motifs is 1. The van der Waals surface area contributed by atoms with Crippen molar-refractivity contribution in [1.29, 1.82) is 0 Å². The van der Waals surface area contributed by atoms with Crippen LogP contribution in [0.3, 0.4) is 0 Å². The van der Waals surface area contributed by atoms with Gasteiger partial charge < -0.3 is 14.5 Å². The number of carbonyl (C=O) groups excluding carboxylic acids is 2. The van der Waals surface area contributed by atoms with Crippen molar-refractivity contribution in [2.24, 2.45) is 0 Å². The third kappa shape index (κ3) is 3.24. The molecule has 2 fully saturated rings. The topological polar surface area (TPSA) is 49.9 Å². The number of carbonyl (C=O) groups is 2. The monoisotopic (exact) mass is 384 g/mol. The molecule has 0 aromatic heterocycles. The van der Waals surface area contributed by atoms with Crippen LogP contribution in [-0.4, -0.2) is 60.5 Å². The predicted octanol–water partition coefficient (Wildman–Crippen LogP) is 3.59. The molecule has 0 radical (unpaired) electrons. The lowest BCUT2D eigenvalue weighted by Crippen LogP contribution is -2.63. The van der Waals surface area contributed by atoms with Crippen molar-refractivity contribution in [3.8, 4) is 0 Å². The fraction of sp³-hybridized carbons (Fsp3) is 0.652. The van der Waals surface area contributed by atoms with E-state index in [-0.39, 0.29) is 17.7 Å². The average molecular weight is 385 g/mol. The second-order valence-corrected chi connectivity index (χ2v) is 8.52. The second-order valence-electron chi connectivity index (χ2n) is 8.52. The molecule has 1 aromatic rings. The molecule has 0 unspecified atom stereocenters. The van der Waals surface area contributed by atoms with Gasteiger partial charge in [0, 0.05) is 32.3 Å². The van der Waals surface area contributed by atoms with Crippen LogP contribution >= 0.6 is 0 Å². The molecule has 1 spiro atoms. The molecule has 1 saturated heterocycles. The Kier molecular flexibility index (Phi) is 5.72. The number of hydrogen-bond donors (Lipinski definition) is 0. The zero-order valence-corrected chi connectivity index (χ0v) is 17.0. The third-order valence-corrected chi connectivity index (χ3v) is 6.98. The molecule has 0 bridgehead atoms. The Balaban J connectivity index is 1.81. The standard InChI is InChI=1S/C23H32N2O3/c1-28-17-16-25-21(26)19-11-5-4-10-18(19)20(23(25)12-6-2-7-13-23)22(27)24-14-8-3-9-15-24/h4-5,10-11,20H,2-3,6-9,12-17H2,1H3/t20-/m1/s1. The van der Waals surface area contributed by atoms with Crippen LogP contribution in [0.2, 0.25) is 0 Å². The molecule has 1 atom stereocenters. The fourth-order valence-electron chi connectivity index (χ4n) is 5.63. The Bertz CT molecular complexity index is 720. The smallest absolute Gasteiger partial charge is 0.254 e. The van der Waals surface area contributed by atoms with Gasteiger partial charge in [-0.15, -0.1) is 0 Å². The van der Waals surface area contributed by atoms with E-state index in [0.29, 0.717) is 18.7 Å². The van der Waals surface area contributed by atoms with Gasteiger partial charge in [-0.3, -0.25) is 9.59 Å². The van der Waals surface area contributed by atoms with Gasteiger partial charge in [-0.05, 0) is 43.7 Å². The molecule has 5 nitrogen and oxygen atoms in total. The molecule has 1 aliphatic carbocycles. The van der Waals surface area contributed by atoms with E-state index in [1.807, 2.05) is 29.2 Å². The lowest BCUT2D eigenvalue weighted by Gasteiger charge is -2.54. The first-order valence-corrected chi connectivity index (χ1v) is 10.9. The molecule has 2 aliphatic heterocycles. The number of ether oxygens (including phenoxy) is 1. The third-order valence-electron chi connectivity index (χ3n) is 6.98. The second kappa shape index (κ2) is 8.24. The lowest BCUT2D eigenvalue weighted by atomic mass is 9.65. The number of likely N-dealkylation sites (tertiary alicyclic amines) is 1. The summed E-state index contributed by atoms with van der Waals surface area (Å²) in [6, 6.07) is 7.80. The zero-order chi connectivity index (χ0) is 19.6. The molecule has 3 aliphatic rings. The van der Waals surface area contributed by atoms with Gasteiger partial charge in [0.05, 0.1) is 18.1 Å². The van der Waals surface area contributed by atoms with Crippen LogP contribution in [0.5, 0.6) is 0 Å². The molecule has 2 amide bonds. The van der Waals surface area contributed by atoms with Crippen molar-refractivity contribution >= 4 is 11.8 Å². The van der Waals surface area contributed by atoms with Gasteiger partial charge >= 0.3 is 0 Å². The molecule has 4 rings (SSSR count). The van der Waals surface area contributed by atoms with E-state index >= 15 is 0 Å². The summed E-state index contributed by atoms with van der Waals surface area (Å²) in [5, 5.41) is 0. The van der Waals surface area contributed by atoms with Crippen molar-refractivity contribution < 1.29 is 14.3 Å². The van der Waals surface area contributed by atoms with Gasteiger partial charge in [0.1, 0.15) is 0 Å². The summed E-state index contributed by atoms with van der Waals surface area (Å²) in [4.78, 5) is 31.4. The Morgan fingerprint density at radius 2 is 1.75 bits per heavy atom.